The zero-order chi connectivity index (χ0) is 14.0. The number of piperidine rings is 1. The van der Waals surface area contributed by atoms with Crippen molar-refractivity contribution in [2.24, 2.45) is 0 Å². The van der Waals surface area contributed by atoms with Gasteiger partial charge in [0.05, 0.1) is 12.2 Å². The van der Waals surface area contributed by atoms with Gasteiger partial charge in [-0.2, -0.15) is 0 Å². The van der Waals surface area contributed by atoms with Gasteiger partial charge >= 0.3 is 0 Å². The Balaban J connectivity index is 0.000000289. The van der Waals surface area contributed by atoms with Crippen molar-refractivity contribution >= 4 is 0 Å². The van der Waals surface area contributed by atoms with Gasteiger partial charge in [-0.1, -0.05) is 49.7 Å². The van der Waals surface area contributed by atoms with Crippen molar-refractivity contribution in [3.8, 4) is 0 Å². The van der Waals surface area contributed by atoms with Crippen molar-refractivity contribution < 1.29 is 10.2 Å². The summed E-state index contributed by atoms with van der Waals surface area (Å²) in [5, 5.41) is 18.1. The van der Waals surface area contributed by atoms with Crippen LogP contribution in [0, 0.1) is 6.92 Å². The summed E-state index contributed by atoms with van der Waals surface area (Å²) >= 11 is 0. The first-order valence-electron chi connectivity index (χ1n) is 6.66. The summed E-state index contributed by atoms with van der Waals surface area (Å²) in [5.41, 5.74) is 1.32. The van der Waals surface area contributed by atoms with Gasteiger partial charge in [0.1, 0.15) is 0 Å². The lowest BCUT2D eigenvalue weighted by Crippen LogP contribution is -2.44. The average Bonchev–Trinajstić information content (AvgIpc) is 2.38. The molecule has 0 bridgehead atoms. The molecule has 18 heavy (non-hydrogen) atoms. The zero-order valence-electron chi connectivity index (χ0n) is 12.0. The van der Waals surface area contributed by atoms with Crippen LogP contribution in [-0.2, 0) is 0 Å². The number of likely N-dealkylation sites (N-methyl/N-ethyl adjacent to an activating group) is 1. The monoisotopic (exact) mass is 253 g/mol. The molecule has 0 amide bonds. The number of β-amino-alcohol motifs (C(OH)–C–C–N with tert-alkyl or cyclic N) is 1. The third-order valence-electron chi connectivity index (χ3n) is 2.69. The number of nitrogens with zero attached hydrogens (tertiary/aromatic N) is 1. The molecule has 2 atom stereocenters. The van der Waals surface area contributed by atoms with Crippen LogP contribution in [0.2, 0.25) is 0 Å². The Morgan fingerprint density at radius 1 is 1.06 bits per heavy atom. The number of benzene rings is 1. The molecule has 2 rings (SSSR count). The number of aryl methyl sites for hydroxylation is 1. The Labute approximate surface area is 111 Å². The standard InChI is InChI=1S/C7H8.C6H13NO2.C2H6/c1-7-5-3-2-4-6-7;1-7-3-2-5(8)6(9)4-7;1-2/h2-6H,1H3;5-6,8-9H,2-4H2,1H3;1-2H3. The van der Waals surface area contributed by atoms with Gasteiger partial charge in [-0.25, -0.2) is 0 Å². The fourth-order valence-corrected chi connectivity index (χ4v) is 1.61. The molecule has 0 aromatic heterocycles. The Morgan fingerprint density at radius 3 is 1.94 bits per heavy atom. The van der Waals surface area contributed by atoms with Crippen LogP contribution in [0.3, 0.4) is 0 Å². The van der Waals surface area contributed by atoms with Crippen molar-refractivity contribution in [3.63, 3.8) is 0 Å². The first kappa shape index (κ1) is 17.1. The van der Waals surface area contributed by atoms with Crippen molar-refractivity contribution in [1.29, 1.82) is 0 Å². The van der Waals surface area contributed by atoms with E-state index >= 15 is 0 Å². The van der Waals surface area contributed by atoms with Gasteiger partial charge < -0.3 is 15.1 Å². The normalized spacial score (nSPS) is 23.2. The smallest absolute Gasteiger partial charge is 0.0925 e. The SMILES string of the molecule is CC.CN1CCC(O)C(O)C1.Cc1ccccc1. The van der Waals surface area contributed by atoms with Crippen molar-refractivity contribution in [3.05, 3.63) is 35.9 Å². The third-order valence-corrected chi connectivity index (χ3v) is 2.69. The fraction of sp³-hybridized carbons (Fsp3) is 0.600. The molecule has 1 aromatic rings. The molecule has 2 N–H and O–H groups in total. The maximum Gasteiger partial charge on any atom is 0.0925 e. The number of aliphatic hydroxyl groups excluding tert-OH is 2. The van der Waals surface area contributed by atoms with Crippen LogP contribution in [0.25, 0.3) is 0 Å². The van der Waals surface area contributed by atoms with E-state index in [1.54, 1.807) is 0 Å². The number of hydrogen-bond acceptors (Lipinski definition) is 3. The topological polar surface area (TPSA) is 43.7 Å². The van der Waals surface area contributed by atoms with Gasteiger partial charge in [-0.3, -0.25) is 0 Å². The van der Waals surface area contributed by atoms with Gasteiger partial charge in [0, 0.05) is 13.1 Å². The van der Waals surface area contributed by atoms with E-state index in [0.717, 1.165) is 6.54 Å². The van der Waals surface area contributed by atoms with E-state index in [2.05, 4.69) is 19.1 Å². The Bertz CT molecular complexity index is 290. The molecule has 1 heterocycles. The second-order valence-electron chi connectivity index (χ2n) is 4.34. The summed E-state index contributed by atoms with van der Waals surface area (Å²) in [4.78, 5) is 2.01. The van der Waals surface area contributed by atoms with E-state index in [-0.39, 0.29) is 0 Å². The molecule has 1 saturated heterocycles. The highest BCUT2D eigenvalue weighted by molar-refractivity contribution is 5.11. The van der Waals surface area contributed by atoms with Crippen LogP contribution in [0.4, 0.5) is 0 Å². The van der Waals surface area contributed by atoms with Gasteiger partial charge in [-0.05, 0) is 20.4 Å². The second kappa shape index (κ2) is 10.1. The van der Waals surface area contributed by atoms with Crippen LogP contribution in [0.15, 0.2) is 30.3 Å². The molecule has 3 heteroatoms. The summed E-state index contributed by atoms with van der Waals surface area (Å²) in [7, 11) is 1.94. The Morgan fingerprint density at radius 2 is 1.61 bits per heavy atom. The third kappa shape index (κ3) is 7.43. The highest BCUT2D eigenvalue weighted by Crippen LogP contribution is 2.07. The molecule has 0 aliphatic carbocycles. The zero-order valence-corrected chi connectivity index (χ0v) is 12.0. The number of rotatable bonds is 0. The lowest BCUT2D eigenvalue weighted by atomic mass is 10.1. The van der Waals surface area contributed by atoms with Gasteiger partial charge in [0.15, 0.2) is 0 Å². The van der Waals surface area contributed by atoms with E-state index in [0.29, 0.717) is 13.0 Å². The van der Waals surface area contributed by atoms with E-state index < -0.39 is 12.2 Å². The van der Waals surface area contributed by atoms with Crippen LogP contribution < -0.4 is 0 Å². The van der Waals surface area contributed by atoms with Crippen LogP contribution in [-0.4, -0.2) is 47.5 Å². The van der Waals surface area contributed by atoms with Crippen molar-refractivity contribution in [1.82, 2.24) is 4.90 Å². The van der Waals surface area contributed by atoms with Crippen molar-refractivity contribution in [2.75, 3.05) is 20.1 Å². The van der Waals surface area contributed by atoms with Crippen LogP contribution in [0.5, 0.6) is 0 Å². The van der Waals surface area contributed by atoms with E-state index in [4.69, 9.17) is 10.2 Å². The summed E-state index contributed by atoms with van der Waals surface area (Å²) in [6.07, 6.45) is -0.345. The number of aliphatic hydroxyl groups is 2. The predicted octanol–water partition coefficient (Wildman–Crippen LogP) is 2.06. The molecular formula is C15H27NO2. The lowest BCUT2D eigenvalue weighted by molar-refractivity contribution is -0.0318. The summed E-state index contributed by atoms with van der Waals surface area (Å²) in [5.74, 6) is 0. The maximum absolute atomic E-state index is 9.06. The Hall–Kier alpha value is -0.900. The minimum Gasteiger partial charge on any atom is -0.390 e. The predicted molar refractivity (Wildman–Crippen MR) is 76.7 cm³/mol. The summed E-state index contributed by atoms with van der Waals surface area (Å²) in [6, 6.07) is 10.3. The highest BCUT2D eigenvalue weighted by atomic mass is 16.3. The molecule has 2 unspecified atom stereocenters. The van der Waals surface area contributed by atoms with Gasteiger partial charge in [0.25, 0.3) is 0 Å². The molecule has 1 aliphatic heterocycles. The quantitative estimate of drug-likeness (QED) is 0.744. The molecule has 1 aliphatic rings. The maximum atomic E-state index is 9.06. The first-order valence-corrected chi connectivity index (χ1v) is 6.66. The molecule has 104 valence electrons. The van der Waals surface area contributed by atoms with E-state index in [9.17, 15) is 0 Å². The Kier molecular flexibility index (Phi) is 9.56. The largest absolute Gasteiger partial charge is 0.390 e. The van der Waals surface area contributed by atoms with Crippen molar-refractivity contribution in [2.45, 2.75) is 39.4 Å². The molecule has 1 aromatic carbocycles. The van der Waals surface area contributed by atoms with Gasteiger partial charge in [0.2, 0.25) is 0 Å². The number of likely N-dealkylation sites (tertiary alicyclic amines) is 1. The molecular weight excluding hydrogens is 226 g/mol. The van der Waals surface area contributed by atoms with Crippen LogP contribution >= 0.6 is 0 Å². The van der Waals surface area contributed by atoms with Crippen LogP contribution in [0.1, 0.15) is 25.8 Å². The minimum atomic E-state index is -0.538. The first-order chi connectivity index (χ1) is 8.59. The minimum absolute atomic E-state index is 0.499. The number of hydrogen-bond donors (Lipinski definition) is 2. The van der Waals surface area contributed by atoms with E-state index in [1.807, 2.05) is 44.0 Å². The molecule has 0 saturated carbocycles. The van der Waals surface area contributed by atoms with E-state index in [1.165, 1.54) is 5.56 Å². The summed E-state index contributed by atoms with van der Waals surface area (Å²) in [6.45, 7) is 7.57. The molecule has 0 radical (unpaired) electrons. The fourth-order valence-electron chi connectivity index (χ4n) is 1.61. The molecule has 1 fully saturated rings. The average molecular weight is 253 g/mol. The highest BCUT2D eigenvalue weighted by Gasteiger charge is 2.22. The summed E-state index contributed by atoms with van der Waals surface area (Å²) < 4.78 is 0. The second-order valence-corrected chi connectivity index (χ2v) is 4.34. The molecule has 3 nitrogen and oxygen atoms in total. The molecule has 0 spiro atoms. The lowest BCUT2D eigenvalue weighted by Gasteiger charge is -2.30. The van der Waals surface area contributed by atoms with Gasteiger partial charge in [-0.15, -0.1) is 0 Å².